The molecule has 13 nitrogen and oxygen atoms in total. The van der Waals surface area contributed by atoms with E-state index < -0.39 is 26.4 Å². The van der Waals surface area contributed by atoms with Crippen LogP contribution in [0.4, 0.5) is 0 Å². The lowest BCUT2D eigenvalue weighted by molar-refractivity contribution is -0.110. The van der Waals surface area contributed by atoms with Crippen molar-refractivity contribution in [3.05, 3.63) is 47.5 Å². The fraction of sp³-hybridized carbons (Fsp3) is 0.190. The summed E-state index contributed by atoms with van der Waals surface area (Å²) >= 11 is 0. The Morgan fingerprint density at radius 1 is 0.639 bits per heavy atom. The van der Waals surface area contributed by atoms with Gasteiger partial charge in [0.05, 0.1) is 28.4 Å². The van der Waals surface area contributed by atoms with Gasteiger partial charge in [-0.3, -0.25) is 4.79 Å². The van der Waals surface area contributed by atoms with Crippen LogP contribution in [-0.2, 0) is 25.4 Å². The van der Waals surface area contributed by atoms with E-state index >= 15 is 0 Å². The SMILES string of the molecule is COc1cc(/C=C/C(=O)/C=C/c2cc(OC)c(OS(N)(=O)=O)c(OC)c2)cc(OC)c1OS(N)(=O)=O. The zero-order valence-corrected chi connectivity index (χ0v) is 21.2. The fourth-order valence-electron chi connectivity index (χ4n) is 2.80. The van der Waals surface area contributed by atoms with Crippen LogP contribution in [0.5, 0.6) is 34.5 Å². The average molecular weight is 545 g/mol. The molecule has 196 valence electrons. The number of benzene rings is 2. The number of rotatable bonds is 12. The van der Waals surface area contributed by atoms with Gasteiger partial charge < -0.3 is 27.3 Å². The minimum Gasteiger partial charge on any atom is -0.493 e. The van der Waals surface area contributed by atoms with Crippen molar-refractivity contribution in [3.8, 4) is 34.5 Å². The van der Waals surface area contributed by atoms with Gasteiger partial charge in [-0.25, -0.2) is 0 Å². The number of ether oxygens (including phenoxy) is 4. The van der Waals surface area contributed by atoms with Crippen molar-refractivity contribution < 1.29 is 48.9 Å². The quantitative estimate of drug-likeness (QED) is 0.364. The van der Waals surface area contributed by atoms with Gasteiger partial charge in [0.2, 0.25) is 11.5 Å². The van der Waals surface area contributed by atoms with Crippen molar-refractivity contribution in [3.63, 3.8) is 0 Å². The van der Waals surface area contributed by atoms with Gasteiger partial charge in [0.25, 0.3) is 0 Å². The minimum atomic E-state index is -4.34. The molecule has 0 amide bonds. The molecule has 0 aromatic heterocycles. The predicted octanol–water partition coefficient (Wildman–Crippen LogP) is 1.18. The van der Waals surface area contributed by atoms with Crippen molar-refractivity contribution in [2.75, 3.05) is 28.4 Å². The molecule has 0 radical (unpaired) electrons. The molecule has 0 aliphatic rings. The van der Waals surface area contributed by atoms with Gasteiger partial charge in [0, 0.05) is 0 Å². The Hall–Kier alpha value is -3.79. The van der Waals surface area contributed by atoms with Crippen LogP contribution in [0.3, 0.4) is 0 Å². The number of hydrogen-bond acceptors (Lipinski definition) is 11. The number of methoxy groups -OCH3 is 4. The van der Waals surface area contributed by atoms with Crippen LogP contribution >= 0.6 is 0 Å². The second-order valence-electron chi connectivity index (χ2n) is 6.73. The highest BCUT2D eigenvalue weighted by Crippen LogP contribution is 2.40. The van der Waals surface area contributed by atoms with E-state index in [-0.39, 0.29) is 34.5 Å². The molecule has 0 aliphatic heterocycles. The van der Waals surface area contributed by atoms with Crippen molar-refractivity contribution in [1.82, 2.24) is 0 Å². The van der Waals surface area contributed by atoms with E-state index in [1.54, 1.807) is 0 Å². The number of nitrogens with two attached hydrogens (primary N) is 2. The van der Waals surface area contributed by atoms with E-state index in [9.17, 15) is 21.6 Å². The molecule has 0 saturated heterocycles. The summed E-state index contributed by atoms with van der Waals surface area (Å²) < 4.78 is 75.2. The van der Waals surface area contributed by atoms with Crippen molar-refractivity contribution in [2.45, 2.75) is 0 Å². The molecule has 2 rings (SSSR count). The first-order chi connectivity index (χ1) is 16.8. The summed E-state index contributed by atoms with van der Waals surface area (Å²) in [5.74, 6) is -0.897. The van der Waals surface area contributed by atoms with E-state index in [0.717, 1.165) is 0 Å². The first-order valence-corrected chi connectivity index (χ1v) is 12.6. The summed E-state index contributed by atoms with van der Waals surface area (Å²) in [5.41, 5.74) is 0.861. The predicted molar refractivity (Wildman–Crippen MR) is 130 cm³/mol. The highest BCUT2D eigenvalue weighted by Gasteiger charge is 2.19. The maximum Gasteiger partial charge on any atom is 0.380 e. The molecule has 4 N–H and O–H groups in total. The first kappa shape index (κ1) is 28.4. The number of hydrogen-bond donors (Lipinski definition) is 2. The molecule has 0 heterocycles. The molecule has 2 aromatic carbocycles. The third-order valence-electron chi connectivity index (χ3n) is 4.24. The molecule has 0 bridgehead atoms. The summed E-state index contributed by atoms with van der Waals surface area (Å²) in [6.45, 7) is 0. The number of allylic oxidation sites excluding steroid dienone is 2. The second kappa shape index (κ2) is 11.8. The Morgan fingerprint density at radius 2 is 0.917 bits per heavy atom. The molecule has 0 fully saturated rings. The molecule has 36 heavy (non-hydrogen) atoms. The zero-order valence-electron chi connectivity index (χ0n) is 19.6. The molecule has 0 saturated carbocycles. The maximum absolute atomic E-state index is 12.4. The molecule has 15 heteroatoms. The van der Waals surface area contributed by atoms with E-state index in [4.69, 9.17) is 37.6 Å². The summed E-state index contributed by atoms with van der Waals surface area (Å²) in [5, 5.41) is 9.84. The summed E-state index contributed by atoms with van der Waals surface area (Å²) in [6.07, 6.45) is 5.33. The van der Waals surface area contributed by atoms with Crippen LogP contribution in [0.2, 0.25) is 0 Å². The summed E-state index contributed by atoms with van der Waals surface area (Å²) in [4.78, 5) is 12.4. The molecular formula is C21H24N2O11S2. The highest BCUT2D eigenvalue weighted by molar-refractivity contribution is 7.85. The van der Waals surface area contributed by atoms with Crippen LogP contribution < -0.4 is 37.6 Å². The average Bonchev–Trinajstić information content (AvgIpc) is 2.80. The Kier molecular flexibility index (Phi) is 9.29. The van der Waals surface area contributed by atoms with Gasteiger partial charge in [-0.15, -0.1) is 0 Å². The van der Waals surface area contributed by atoms with Gasteiger partial charge in [0.1, 0.15) is 0 Å². The normalized spacial score (nSPS) is 11.9. The van der Waals surface area contributed by atoms with Gasteiger partial charge in [-0.2, -0.15) is 27.1 Å². The maximum atomic E-state index is 12.4. The molecule has 0 atom stereocenters. The van der Waals surface area contributed by atoms with Crippen LogP contribution in [-0.4, -0.2) is 51.1 Å². The number of carbonyl (C=O) groups is 1. The third-order valence-corrected chi connectivity index (χ3v) is 5.04. The smallest absolute Gasteiger partial charge is 0.380 e. The highest BCUT2D eigenvalue weighted by atomic mass is 32.2. The van der Waals surface area contributed by atoms with Crippen LogP contribution in [0, 0.1) is 0 Å². The Labute approximate surface area is 208 Å². The lowest BCUT2D eigenvalue weighted by atomic mass is 10.1. The van der Waals surface area contributed by atoms with Crippen LogP contribution in [0.25, 0.3) is 12.2 Å². The molecule has 0 aliphatic carbocycles. The van der Waals surface area contributed by atoms with Crippen molar-refractivity contribution in [2.24, 2.45) is 10.3 Å². The molecule has 0 spiro atoms. The number of carbonyl (C=O) groups excluding carboxylic acids is 1. The number of ketones is 1. The Morgan fingerprint density at radius 3 is 1.14 bits per heavy atom. The monoisotopic (exact) mass is 544 g/mol. The summed E-state index contributed by atoms with van der Waals surface area (Å²) in [6, 6.07) is 5.65. The lowest BCUT2D eigenvalue weighted by Gasteiger charge is -2.13. The van der Waals surface area contributed by atoms with Crippen molar-refractivity contribution in [1.29, 1.82) is 0 Å². The minimum absolute atomic E-state index is 0.00649. The van der Waals surface area contributed by atoms with Crippen molar-refractivity contribution >= 4 is 38.5 Å². The zero-order chi connectivity index (χ0) is 27.1. The van der Waals surface area contributed by atoms with Crippen LogP contribution in [0.15, 0.2) is 36.4 Å². The lowest BCUT2D eigenvalue weighted by Crippen LogP contribution is -2.19. The van der Waals surface area contributed by atoms with Gasteiger partial charge >= 0.3 is 20.6 Å². The standard InChI is InChI=1S/C21H24N2O11S2/c1-29-16-9-13(10-17(30-2)20(16)33-35(22,25)26)5-7-15(24)8-6-14-11-18(31-3)21(19(12-14)32-4)34-36(23,27)28/h5-12H,1-4H3,(H2,22,25,26)(H2,23,27,28)/b7-5+,8-6+. The second-order valence-corrected chi connectivity index (χ2v) is 9.03. The van der Waals surface area contributed by atoms with Gasteiger partial charge in [0.15, 0.2) is 28.8 Å². The topological polar surface area (TPSA) is 193 Å². The van der Waals surface area contributed by atoms with Crippen LogP contribution in [0.1, 0.15) is 11.1 Å². The van der Waals surface area contributed by atoms with E-state index in [1.165, 1.54) is 77.0 Å². The van der Waals surface area contributed by atoms with E-state index in [2.05, 4.69) is 0 Å². The van der Waals surface area contributed by atoms with E-state index in [0.29, 0.717) is 11.1 Å². The fourth-order valence-corrected chi connectivity index (χ4v) is 3.59. The molecular weight excluding hydrogens is 520 g/mol. The van der Waals surface area contributed by atoms with Gasteiger partial charge in [-0.05, 0) is 47.5 Å². The van der Waals surface area contributed by atoms with E-state index in [1.807, 2.05) is 0 Å². The first-order valence-electron chi connectivity index (χ1n) is 9.66. The Bertz CT molecular complexity index is 1240. The van der Waals surface area contributed by atoms with Gasteiger partial charge in [-0.1, -0.05) is 12.2 Å². The third kappa shape index (κ3) is 8.16. The largest absolute Gasteiger partial charge is 0.493 e. The summed E-state index contributed by atoms with van der Waals surface area (Å²) in [7, 11) is -3.54. The molecule has 0 unspecified atom stereocenters. The molecule has 2 aromatic rings. The Balaban J connectivity index is 2.31.